The van der Waals surface area contributed by atoms with Crippen LogP contribution in [0, 0.1) is 5.82 Å². The van der Waals surface area contributed by atoms with E-state index >= 15 is 0 Å². The van der Waals surface area contributed by atoms with Crippen LogP contribution in [0.5, 0.6) is 0 Å². The van der Waals surface area contributed by atoms with Crippen LogP contribution in [0.2, 0.25) is 0 Å². The molecule has 1 fully saturated rings. The van der Waals surface area contributed by atoms with Gasteiger partial charge in [0.05, 0.1) is 24.9 Å². The summed E-state index contributed by atoms with van der Waals surface area (Å²) in [6.07, 6.45) is 0. The van der Waals surface area contributed by atoms with E-state index in [9.17, 15) is 4.39 Å². The van der Waals surface area contributed by atoms with E-state index in [4.69, 9.17) is 9.47 Å². The third kappa shape index (κ3) is 2.71. The number of benzene rings is 1. The number of hydrogen-bond donors (Lipinski definition) is 1. The van der Waals surface area contributed by atoms with Gasteiger partial charge in [0.25, 0.3) is 0 Å². The summed E-state index contributed by atoms with van der Waals surface area (Å²) in [5, 5.41) is 3.06. The second-order valence-electron chi connectivity index (χ2n) is 4.34. The van der Waals surface area contributed by atoms with Crippen molar-refractivity contribution in [3.05, 3.63) is 30.1 Å². The first-order valence-corrected chi connectivity index (χ1v) is 5.36. The van der Waals surface area contributed by atoms with Crippen molar-refractivity contribution in [3.8, 4) is 0 Å². The van der Waals surface area contributed by atoms with Crippen LogP contribution >= 0.6 is 0 Å². The molecule has 1 aliphatic rings. The summed E-state index contributed by atoms with van der Waals surface area (Å²) in [7, 11) is 0. The fraction of sp³-hybridized carbons (Fsp3) is 0.500. The Labute approximate surface area is 94.6 Å². The molecule has 0 aliphatic carbocycles. The van der Waals surface area contributed by atoms with E-state index in [1.165, 1.54) is 6.07 Å². The topological polar surface area (TPSA) is 30.5 Å². The molecule has 1 aromatic rings. The Bertz CT molecular complexity index is 358. The highest BCUT2D eigenvalue weighted by Gasteiger charge is 2.28. The Morgan fingerprint density at radius 3 is 2.50 bits per heavy atom. The Morgan fingerprint density at radius 1 is 1.25 bits per heavy atom. The summed E-state index contributed by atoms with van der Waals surface area (Å²) < 4.78 is 24.3. The van der Waals surface area contributed by atoms with Gasteiger partial charge in [-0.3, -0.25) is 0 Å². The monoisotopic (exact) mass is 225 g/mol. The van der Waals surface area contributed by atoms with Crippen LogP contribution in [0.3, 0.4) is 0 Å². The number of hydrogen-bond acceptors (Lipinski definition) is 3. The summed E-state index contributed by atoms with van der Waals surface area (Å²) in [6.45, 7) is 4.77. The molecule has 88 valence electrons. The highest BCUT2D eigenvalue weighted by Crippen LogP contribution is 2.20. The fourth-order valence-corrected chi connectivity index (χ4v) is 1.57. The smallest absolute Gasteiger partial charge is 0.162 e. The van der Waals surface area contributed by atoms with Gasteiger partial charge in [-0.25, -0.2) is 4.39 Å². The van der Waals surface area contributed by atoms with Gasteiger partial charge in [0.15, 0.2) is 5.79 Å². The molecular weight excluding hydrogens is 209 g/mol. The molecular formula is C12H16FNO2. The van der Waals surface area contributed by atoms with Crippen molar-refractivity contribution in [3.63, 3.8) is 0 Å². The zero-order valence-electron chi connectivity index (χ0n) is 9.50. The lowest BCUT2D eigenvalue weighted by Crippen LogP contribution is -2.45. The Morgan fingerprint density at radius 2 is 1.88 bits per heavy atom. The first kappa shape index (κ1) is 11.4. The maximum atomic E-state index is 13.4. The molecule has 16 heavy (non-hydrogen) atoms. The lowest BCUT2D eigenvalue weighted by atomic mass is 10.2. The number of rotatable bonds is 2. The van der Waals surface area contributed by atoms with Crippen LogP contribution in [-0.4, -0.2) is 25.0 Å². The van der Waals surface area contributed by atoms with Gasteiger partial charge in [0.2, 0.25) is 0 Å². The van der Waals surface area contributed by atoms with E-state index in [1.807, 2.05) is 13.8 Å². The molecule has 0 saturated carbocycles. The lowest BCUT2D eigenvalue weighted by Gasteiger charge is -2.35. The second-order valence-corrected chi connectivity index (χ2v) is 4.34. The van der Waals surface area contributed by atoms with Crippen molar-refractivity contribution in [1.29, 1.82) is 0 Å². The normalized spacial score (nSPS) is 20.7. The van der Waals surface area contributed by atoms with Gasteiger partial charge in [-0.2, -0.15) is 0 Å². The van der Waals surface area contributed by atoms with E-state index in [2.05, 4.69) is 5.32 Å². The Balaban J connectivity index is 1.95. The summed E-state index contributed by atoms with van der Waals surface area (Å²) >= 11 is 0. The van der Waals surface area contributed by atoms with Gasteiger partial charge in [-0.05, 0) is 26.0 Å². The molecule has 0 unspecified atom stereocenters. The SMILES string of the molecule is CC1(C)OCC(Nc2ccccc2F)CO1. The zero-order chi connectivity index (χ0) is 11.6. The minimum Gasteiger partial charge on any atom is -0.375 e. The van der Waals surface area contributed by atoms with E-state index in [0.29, 0.717) is 18.9 Å². The summed E-state index contributed by atoms with van der Waals surface area (Å²) in [4.78, 5) is 0. The van der Waals surface area contributed by atoms with Crippen molar-refractivity contribution >= 4 is 5.69 Å². The van der Waals surface area contributed by atoms with Crippen molar-refractivity contribution in [2.24, 2.45) is 0 Å². The molecule has 0 atom stereocenters. The molecule has 0 spiro atoms. The summed E-state index contributed by atoms with van der Waals surface area (Å²) in [5.41, 5.74) is 0.486. The van der Waals surface area contributed by atoms with Crippen LogP contribution < -0.4 is 5.32 Å². The molecule has 1 aliphatic heterocycles. The highest BCUT2D eigenvalue weighted by molar-refractivity contribution is 5.45. The molecule has 0 radical (unpaired) electrons. The minimum atomic E-state index is -0.534. The molecule has 3 nitrogen and oxygen atoms in total. The van der Waals surface area contributed by atoms with E-state index < -0.39 is 5.79 Å². The predicted octanol–water partition coefficient (Wildman–Crippen LogP) is 2.39. The largest absolute Gasteiger partial charge is 0.375 e. The van der Waals surface area contributed by atoms with Gasteiger partial charge in [0, 0.05) is 0 Å². The van der Waals surface area contributed by atoms with E-state index in [1.54, 1.807) is 18.2 Å². The standard InChI is InChI=1S/C12H16FNO2/c1-12(2)15-7-9(8-16-12)14-11-6-4-3-5-10(11)13/h3-6,9,14H,7-8H2,1-2H3. The van der Waals surface area contributed by atoms with E-state index in [-0.39, 0.29) is 11.9 Å². The third-order valence-electron chi connectivity index (χ3n) is 2.50. The molecule has 4 heteroatoms. The number of ether oxygens (including phenoxy) is 2. The molecule has 1 aromatic carbocycles. The predicted molar refractivity (Wildman–Crippen MR) is 59.8 cm³/mol. The molecule has 1 heterocycles. The van der Waals surface area contributed by atoms with E-state index in [0.717, 1.165) is 0 Å². The maximum Gasteiger partial charge on any atom is 0.162 e. The summed E-state index contributed by atoms with van der Waals surface area (Å²) in [5.74, 6) is -0.791. The fourth-order valence-electron chi connectivity index (χ4n) is 1.57. The maximum absolute atomic E-state index is 13.4. The first-order chi connectivity index (χ1) is 7.57. The molecule has 2 rings (SSSR count). The van der Waals surface area contributed by atoms with Gasteiger partial charge in [-0.1, -0.05) is 12.1 Å². The lowest BCUT2D eigenvalue weighted by molar-refractivity contribution is -0.247. The first-order valence-electron chi connectivity index (χ1n) is 5.36. The van der Waals surface area contributed by atoms with Crippen molar-refractivity contribution in [2.45, 2.75) is 25.7 Å². The van der Waals surface area contributed by atoms with Crippen LogP contribution in [0.25, 0.3) is 0 Å². The molecule has 0 amide bonds. The minimum absolute atomic E-state index is 0.00933. The Kier molecular flexibility index (Phi) is 3.12. The molecule has 0 bridgehead atoms. The van der Waals surface area contributed by atoms with Gasteiger partial charge < -0.3 is 14.8 Å². The average Bonchev–Trinajstić information content (AvgIpc) is 2.24. The molecule has 1 N–H and O–H groups in total. The quantitative estimate of drug-likeness (QED) is 0.838. The van der Waals surface area contributed by atoms with Crippen LogP contribution in [-0.2, 0) is 9.47 Å². The Hall–Kier alpha value is -1.13. The number of para-hydroxylation sites is 1. The van der Waals surface area contributed by atoms with Crippen molar-refractivity contribution in [1.82, 2.24) is 0 Å². The molecule has 0 aromatic heterocycles. The van der Waals surface area contributed by atoms with Gasteiger partial charge in [0.1, 0.15) is 5.82 Å². The highest BCUT2D eigenvalue weighted by atomic mass is 19.1. The average molecular weight is 225 g/mol. The van der Waals surface area contributed by atoms with Gasteiger partial charge >= 0.3 is 0 Å². The third-order valence-corrected chi connectivity index (χ3v) is 2.50. The number of anilines is 1. The number of halogens is 1. The van der Waals surface area contributed by atoms with Crippen LogP contribution in [0.1, 0.15) is 13.8 Å². The number of nitrogens with one attached hydrogen (secondary N) is 1. The second kappa shape index (κ2) is 4.39. The van der Waals surface area contributed by atoms with Gasteiger partial charge in [-0.15, -0.1) is 0 Å². The summed E-state index contributed by atoms with van der Waals surface area (Å²) in [6, 6.07) is 6.58. The van der Waals surface area contributed by atoms with Crippen LogP contribution in [0.15, 0.2) is 24.3 Å². The molecule has 1 saturated heterocycles. The van der Waals surface area contributed by atoms with Crippen LogP contribution in [0.4, 0.5) is 10.1 Å². The zero-order valence-corrected chi connectivity index (χ0v) is 9.50. The van der Waals surface area contributed by atoms with Crippen molar-refractivity contribution in [2.75, 3.05) is 18.5 Å². The van der Waals surface area contributed by atoms with Crippen molar-refractivity contribution < 1.29 is 13.9 Å².